The number of nitrogens with one attached hydrogen (secondary N) is 2. The number of carbonyl (C=O) groups excluding carboxylic acids is 2. The van der Waals surface area contributed by atoms with Crippen LogP contribution in [0.25, 0.3) is 12.2 Å². The summed E-state index contributed by atoms with van der Waals surface area (Å²) in [6.07, 6.45) is 5.58. The topological polar surface area (TPSA) is 71.1 Å². The predicted octanol–water partition coefficient (Wildman–Crippen LogP) is 4.32. The quantitative estimate of drug-likeness (QED) is 0.664. The van der Waals surface area contributed by atoms with Crippen molar-refractivity contribution in [2.45, 2.75) is 19.9 Å². The Morgan fingerprint density at radius 2 is 1.79 bits per heavy atom. The molecule has 29 heavy (non-hydrogen) atoms. The number of anilines is 1. The number of nitrogens with zero attached hydrogens (tertiary/aromatic N) is 1. The third kappa shape index (κ3) is 5.87. The molecule has 2 amide bonds. The second-order valence-corrected chi connectivity index (χ2v) is 6.77. The second-order valence-electron chi connectivity index (χ2n) is 6.77. The Bertz CT molecular complexity index is 1030. The van der Waals surface area contributed by atoms with Gasteiger partial charge in [-0.05, 0) is 61.9 Å². The maximum Gasteiger partial charge on any atom is 0.251 e. The third-order valence-electron chi connectivity index (χ3n) is 4.31. The Hall–Kier alpha value is -3.73. The SMILES string of the molecule is Cc1cccc(C(=O)N[C@H](C)C(=O)Nc2cccc(/C=C/c3ccccn3)c2)c1. The smallest absolute Gasteiger partial charge is 0.251 e. The highest BCUT2D eigenvalue weighted by molar-refractivity contribution is 6.01. The first-order chi connectivity index (χ1) is 14.0. The first kappa shape index (κ1) is 20.0. The summed E-state index contributed by atoms with van der Waals surface area (Å²) in [5.41, 5.74) is 3.98. The average molecular weight is 385 g/mol. The van der Waals surface area contributed by atoms with Gasteiger partial charge in [-0.1, -0.05) is 42.0 Å². The van der Waals surface area contributed by atoms with Crippen LogP contribution in [0.2, 0.25) is 0 Å². The van der Waals surface area contributed by atoms with Crippen molar-refractivity contribution in [2.75, 3.05) is 5.32 Å². The number of hydrogen-bond acceptors (Lipinski definition) is 3. The molecule has 0 aliphatic heterocycles. The Morgan fingerprint density at radius 1 is 0.966 bits per heavy atom. The van der Waals surface area contributed by atoms with Crippen molar-refractivity contribution in [3.05, 3.63) is 95.3 Å². The number of aromatic nitrogens is 1. The lowest BCUT2D eigenvalue weighted by atomic mass is 10.1. The van der Waals surface area contributed by atoms with Crippen LogP contribution in [-0.2, 0) is 4.79 Å². The van der Waals surface area contributed by atoms with Gasteiger partial charge >= 0.3 is 0 Å². The van der Waals surface area contributed by atoms with E-state index in [1.807, 2.05) is 73.7 Å². The van der Waals surface area contributed by atoms with E-state index < -0.39 is 6.04 Å². The first-order valence-corrected chi connectivity index (χ1v) is 9.39. The van der Waals surface area contributed by atoms with Crippen LogP contribution < -0.4 is 10.6 Å². The molecule has 2 aromatic carbocycles. The summed E-state index contributed by atoms with van der Waals surface area (Å²) in [6.45, 7) is 3.58. The molecule has 5 nitrogen and oxygen atoms in total. The van der Waals surface area contributed by atoms with Crippen LogP contribution in [-0.4, -0.2) is 22.8 Å². The number of amides is 2. The van der Waals surface area contributed by atoms with Gasteiger partial charge in [0.05, 0.1) is 5.69 Å². The molecule has 0 fully saturated rings. The number of rotatable bonds is 6. The summed E-state index contributed by atoms with van der Waals surface area (Å²) < 4.78 is 0. The zero-order valence-electron chi connectivity index (χ0n) is 16.4. The van der Waals surface area contributed by atoms with E-state index in [1.54, 1.807) is 25.3 Å². The van der Waals surface area contributed by atoms with E-state index in [9.17, 15) is 9.59 Å². The van der Waals surface area contributed by atoms with Gasteiger partial charge in [-0.25, -0.2) is 0 Å². The number of benzene rings is 2. The molecule has 146 valence electrons. The number of carbonyl (C=O) groups is 2. The van der Waals surface area contributed by atoms with E-state index in [0.717, 1.165) is 16.8 Å². The van der Waals surface area contributed by atoms with Crippen LogP contribution in [0.4, 0.5) is 5.69 Å². The van der Waals surface area contributed by atoms with Crippen LogP contribution in [0, 0.1) is 6.92 Å². The van der Waals surface area contributed by atoms with Crippen molar-refractivity contribution in [1.29, 1.82) is 0 Å². The zero-order valence-corrected chi connectivity index (χ0v) is 16.4. The molecular formula is C24H23N3O2. The molecule has 0 aliphatic carbocycles. The van der Waals surface area contributed by atoms with Gasteiger partial charge in [0.15, 0.2) is 0 Å². The lowest BCUT2D eigenvalue weighted by Gasteiger charge is -2.14. The normalized spacial score (nSPS) is 11.8. The summed E-state index contributed by atoms with van der Waals surface area (Å²) in [4.78, 5) is 29.1. The van der Waals surface area contributed by atoms with Crippen LogP contribution in [0.15, 0.2) is 72.9 Å². The molecule has 0 spiro atoms. The Labute approximate surface area is 170 Å². The van der Waals surface area contributed by atoms with E-state index in [2.05, 4.69) is 15.6 Å². The predicted molar refractivity (Wildman–Crippen MR) is 116 cm³/mol. The van der Waals surface area contributed by atoms with Gasteiger partial charge in [-0.2, -0.15) is 0 Å². The molecule has 3 aromatic rings. The lowest BCUT2D eigenvalue weighted by molar-refractivity contribution is -0.117. The standard InChI is InChI=1S/C24H23N3O2/c1-17-7-5-9-20(15-17)24(29)26-18(2)23(28)27-22-11-6-8-19(16-22)12-13-21-10-3-4-14-25-21/h3-16,18H,1-2H3,(H,26,29)(H,27,28)/b13-12+/t18-/m1/s1. The fourth-order valence-electron chi connectivity index (χ4n) is 2.76. The van der Waals surface area contributed by atoms with Gasteiger partial charge in [0.2, 0.25) is 5.91 Å². The first-order valence-electron chi connectivity index (χ1n) is 9.39. The molecule has 0 aliphatic rings. The highest BCUT2D eigenvalue weighted by Crippen LogP contribution is 2.14. The van der Waals surface area contributed by atoms with Crippen LogP contribution >= 0.6 is 0 Å². The molecule has 0 bridgehead atoms. The monoisotopic (exact) mass is 385 g/mol. The molecular weight excluding hydrogens is 362 g/mol. The lowest BCUT2D eigenvalue weighted by Crippen LogP contribution is -2.41. The van der Waals surface area contributed by atoms with Crippen LogP contribution in [0.5, 0.6) is 0 Å². The largest absolute Gasteiger partial charge is 0.341 e. The minimum absolute atomic E-state index is 0.275. The van der Waals surface area contributed by atoms with Crippen molar-refractivity contribution in [2.24, 2.45) is 0 Å². The molecule has 0 saturated heterocycles. The van der Waals surface area contributed by atoms with Gasteiger partial charge in [0.25, 0.3) is 5.91 Å². The zero-order chi connectivity index (χ0) is 20.6. The van der Waals surface area contributed by atoms with Crippen molar-refractivity contribution < 1.29 is 9.59 Å². The van der Waals surface area contributed by atoms with Crippen molar-refractivity contribution in [3.63, 3.8) is 0 Å². The Balaban J connectivity index is 1.61. The number of aryl methyl sites for hydroxylation is 1. The average Bonchev–Trinajstić information content (AvgIpc) is 2.73. The van der Waals surface area contributed by atoms with Gasteiger partial charge in [-0.3, -0.25) is 14.6 Å². The molecule has 5 heteroatoms. The van der Waals surface area contributed by atoms with Crippen LogP contribution in [0.1, 0.15) is 34.1 Å². The highest BCUT2D eigenvalue weighted by Gasteiger charge is 2.16. The number of pyridine rings is 1. The van der Waals surface area contributed by atoms with Gasteiger partial charge < -0.3 is 10.6 Å². The molecule has 1 heterocycles. The molecule has 0 saturated carbocycles. The summed E-state index contributed by atoms with van der Waals surface area (Å²) in [5, 5.41) is 5.58. The summed E-state index contributed by atoms with van der Waals surface area (Å²) in [6, 6.07) is 19.8. The number of hydrogen-bond donors (Lipinski definition) is 2. The van der Waals surface area contributed by atoms with E-state index in [4.69, 9.17) is 0 Å². The third-order valence-corrected chi connectivity index (χ3v) is 4.31. The van der Waals surface area contributed by atoms with Crippen molar-refractivity contribution in [1.82, 2.24) is 10.3 Å². The molecule has 1 atom stereocenters. The van der Waals surface area contributed by atoms with Crippen LogP contribution in [0.3, 0.4) is 0 Å². The van der Waals surface area contributed by atoms with E-state index in [1.165, 1.54) is 0 Å². The highest BCUT2D eigenvalue weighted by atomic mass is 16.2. The summed E-state index contributed by atoms with van der Waals surface area (Å²) in [5.74, 6) is -0.555. The molecule has 0 unspecified atom stereocenters. The molecule has 2 N–H and O–H groups in total. The Morgan fingerprint density at radius 3 is 2.55 bits per heavy atom. The molecule has 3 rings (SSSR count). The van der Waals surface area contributed by atoms with Gasteiger partial charge in [0, 0.05) is 17.4 Å². The molecule has 0 radical (unpaired) electrons. The fraction of sp³-hybridized carbons (Fsp3) is 0.125. The van der Waals surface area contributed by atoms with E-state index >= 15 is 0 Å². The maximum atomic E-state index is 12.5. The summed E-state index contributed by atoms with van der Waals surface area (Å²) in [7, 11) is 0. The Kier molecular flexibility index (Phi) is 6.53. The minimum Gasteiger partial charge on any atom is -0.341 e. The maximum absolute atomic E-state index is 12.5. The summed E-state index contributed by atoms with van der Waals surface area (Å²) >= 11 is 0. The van der Waals surface area contributed by atoms with E-state index in [-0.39, 0.29) is 11.8 Å². The fourth-order valence-corrected chi connectivity index (χ4v) is 2.76. The molecule has 1 aromatic heterocycles. The van der Waals surface area contributed by atoms with Gasteiger partial charge in [0.1, 0.15) is 6.04 Å². The minimum atomic E-state index is -0.671. The second kappa shape index (κ2) is 9.46. The van der Waals surface area contributed by atoms with E-state index in [0.29, 0.717) is 11.3 Å². The van der Waals surface area contributed by atoms with Crippen molar-refractivity contribution >= 4 is 29.7 Å². The van der Waals surface area contributed by atoms with Crippen molar-refractivity contribution in [3.8, 4) is 0 Å². The van der Waals surface area contributed by atoms with Gasteiger partial charge in [-0.15, -0.1) is 0 Å².